The molecule has 1 aromatic heterocycles. The molecular weight excluding hydrogens is 192 g/mol. The van der Waals surface area contributed by atoms with Crippen molar-refractivity contribution in [3.8, 4) is 5.75 Å². The molecule has 2 rings (SSSR count). The molecule has 0 saturated heterocycles. The second-order valence-electron chi connectivity index (χ2n) is 3.62. The van der Waals surface area contributed by atoms with Crippen molar-refractivity contribution in [2.45, 2.75) is 6.10 Å². The summed E-state index contributed by atoms with van der Waals surface area (Å²) in [7, 11) is 1.87. The number of nitrogens with zero attached hydrogens (tertiary/aromatic N) is 1. The molecule has 0 fully saturated rings. The van der Waals surface area contributed by atoms with Crippen LogP contribution in [0.2, 0.25) is 0 Å². The van der Waals surface area contributed by atoms with Crippen LogP contribution in [0.1, 0.15) is 11.8 Å². The van der Waals surface area contributed by atoms with Crippen LogP contribution in [0, 0.1) is 0 Å². The van der Waals surface area contributed by atoms with Gasteiger partial charge < -0.3 is 20.5 Å². The van der Waals surface area contributed by atoms with Gasteiger partial charge in [0.15, 0.2) is 0 Å². The molecular formula is C11H14N2O2. The van der Waals surface area contributed by atoms with Crippen molar-refractivity contribution in [2.75, 3.05) is 6.54 Å². The fraction of sp³-hybridized carbons (Fsp3) is 0.273. The Labute approximate surface area is 87.6 Å². The van der Waals surface area contributed by atoms with Crippen LogP contribution in [0.25, 0.3) is 10.9 Å². The number of fused-ring (bicyclic) bond motifs is 1. The minimum absolute atomic E-state index is 0.191. The minimum atomic E-state index is -0.662. The third-order valence-corrected chi connectivity index (χ3v) is 2.63. The monoisotopic (exact) mass is 206 g/mol. The number of nitrogens with two attached hydrogens (primary N) is 1. The average molecular weight is 206 g/mol. The van der Waals surface area contributed by atoms with Gasteiger partial charge in [0, 0.05) is 30.2 Å². The van der Waals surface area contributed by atoms with Gasteiger partial charge in [-0.1, -0.05) is 0 Å². The summed E-state index contributed by atoms with van der Waals surface area (Å²) in [6, 6.07) is 6.95. The van der Waals surface area contributed by atoms with E-state index in [9.17, 15) is 10.2 Å². The fourth-order valence-electron chi connectivity index (χ4n) is 1.80. The minimum Gasteiger partial charge on any atom is -0.508 e. The third-order valence-electron chi connectivity index (χ3n) is 2.63. The number of rotatable bonds is 2. The quantitative estimate of drug-likeness (QED) is 0.683. The second kappa shape index (κ2) is 3.56. The molecule has 0 radical (unpaired) electrons. The molecule has 1 unspecified atom stereocenters. The number of phenols is 1. The third kappa shape index (κ3) is 1.58. The van der Waals surface area contributed by atoms with E-state index in [0.29, 0.717) is 0 Å². The molecule has 0 spiro atoms. The van der Waals surface area contributed by atoms with Gasteiger partial charge in [0.1, 0.15) is 11.9 Å². The zero-order valence-electron chi connectivity index (χ0n) is 8.51. The smallest absolute Gasteiger partial charge is 0.116 e. The lowest BCUT2D eigenvalue weighted by molar-refractivity contribution is 0.179. The van der Waals surface area contributed by atoms with Crippen molar-refractivity contribution < 1.29 is 10.2 Å². The van der Waals surface area contributed by atoms with E-state index in [2.05, 4.69) is 0 Å². The normalized spacial score (nSPS) is 13.3. The van der Waals surface area contributed by atoms with Crippen molar-refractivity contribution in [1.82, 2.24) is 4.57 Å². The molecule has 4 nitrogen and oxygen atoms in total. The van der Waals surface area contributed by atoms with E-state index in [4.69, 9.17) is 5.73 Å². The lowest BCUT2D eigenvalue weighted by Crippen LogP contribution is -2.14. The van der Waals surface area contributed by atoms with Crippen LogP contribution < -0.4 is 5.73 Å². The molecule has 0 aliphatic heterocycles. The van der Waals surface area contributed by atoms with Crippen LogP contribution in [0.4, 0.5) is 0 Å². The Morgan fingerprint density at radius 2 is 2.13 bits per heavy atom. The van der Waals surface area contributed by atoms with Crippen LogP contribution in [-0.4, -0.2) is 21.3 Å². The summed E-state index contributed by atoms with van der Waals surface area (Å²) in [6.45, 7) is 0.191. The fourth-order valence-corrected chi connectivity index (χ4v) is 1.80. The highest BCUT2D eigenvalue weighted by molar-refractivity contribution is 5.82. The number of aromatic nitrogens is 1. The summed E-state index contributed by atoms with van der Waals surface area (Å²) in [4.78, 5) is 0. The van der Waals surface area contributed by atoms with Gasteiger partial charge in [-0.25, -0.2) is 0 Å². The van der Waals surface area contributed by atoms with Crippen LogP contribution in [-0.2, 0) is 7.05 Å². The molecule has 0 aliphatic rings. The Bertz CT molecular complexity index is 491. The van der Waals surface area contributed by atoms with Gasteiger partial charge in [-0.15, -0.1) is 0 Å². The van der Waals surface area contributed by atoms with Crippen molar-refractivity contribution in [3.63, 3.8) is 0 Å². The molecule has 4 heteroatoms. The van der Waals surface area contributed by atoms with Gasteiger partial charge in [0.2, 0.25) is 0 Å². The van der Waals surface area contributed by atoms with Crippen LogP contribution in [0.3, 0.4) is 0 Å². The van der Waals surface area contributed by atoms with Crippen LogP contribution >= 0.6 is 0 Å². The van der Waals surface area contributed by atoms with E-state index in [0.717, 1.165) is 16.6 Å². The summed E-state index contributed by atoms with van der Waals surface area (Å²) in [5.41, 5.74) is 7.14. The molecule has 0 aliphatic carbocycles. The first-order valence-electron chi connectivity index (χ1n) is 4.80. The molecule has 2 aromatic rings. The number of aromatic hydroxyl groups is 1. The zero-order valence-corrected chi connectivity index (χ0v) is 8.51. The SMILES string of the molecule is Cn1c(C(O)CN)cc2cc(O)ccc21. The molecule has 4 N–H and O–H groups in total. The van der Waals surface area contributed by atoms with E-state index in [1.165, 1.54) is 0 Å². The maximum absolute atomic E-state index is 9.67. The summed E-state index contributed by atoms with van der Waals surface area (Å²) < 4.78 is 1.88. The van der Waals surface area contributed by atoms with E-state index in [1.54, 1.807) is 12.1 Å². The molecule has 1 atom stereocenters. The molecule has 0 bridgehead atoms. The van der Waals surface area contributed by atoms with Gasteiger partial charge in [-0.05, 0) is 24.3 Å². The van der Waals surface area contributed by atoms with E-state index in [-0.39, 0.29) is 12.3 Å². The number of aliphatic hydroxyl groups is 1. The van der Waals surface area contributed by atoms with Crippen LogP contribution in [0.15, 0.2) is 24.3 Å². The second-order valence-corrected chi connectivity index (χ2v) is 3.62. The topological polar surface area (TPSA) is 71.4 Å². The number of phenolic OH excluding ortho intramolecular Hbond substituents is 1. The van der Waals surface area contributed by atoms with Gasteiger partial charge in [-0.2, -0.15) is 0 Å². The predicted molar refractivity (Wildman–Crippen MR) is 58.6 cm³/mol. The van der Waals surface area contributed by atoms with E-state index >= 15 is 0 Å². The van der Waals surface area contributed by atoms with Gasteiger partial charge in [-0.3, -0.25) is 0 Å². The summed E-state index contributed by atoms with van der Waals surface area (Å²) in [5.74, 6) is 0.224. The van der Waals surface area contributed by atoms with Gasteiger partial charge >= 0.3 is 0 Å². The maximum Gasteiger partial charge on any atom is 0.116 e. The standard InChI is InChI=1S/C11H14N2O2/c1-13-9-3-2-8(14)4-7(9)5-10(13)11(15)6-12/h2-5,11,14-15H,6,12H2,1H3. The van der Waals surface area contributed by atoms with Crippen molar-refractivity contribution >= 4 is 10.9 Å². The molecule has 80 valence electrons. The lowest BCUT2D eigenvalue weighted by atomic mass is 10.2. The highest BCUT2D eigenvalue weighted by Gasteiger charge is 2.12. The van der Waals surface area contributed by atoms with Gasteiger partial charge in [0.25, 0.3) is 0 Å². The number of aryl methyl sites for hydroxylation is 1. The van der Waals surface area contributed by atoms with Crippen molar-refractivity contribution in [2.24, 2.45) is 12.8 Å². The summed E-state index contributed by atoms with van der Waals surface area (Å²) in [5, 5.41) is 19.9. The number of benzene rings is 1. The molecule has 15 heavy (non-hydrogen) atoms. The first-order valence-corrected chi connectivity index (χ1v) is 4.80. The predicted octanol–water partition coefficient (Wildman–Crippen LogP) is 0.876. The Balaban J connectivity index is 2.63. The zero-order chi connectivity index (χ0) is 11.0. The van der Waals surface area contributed by atoms with Crippen LogP contribution in [0.5, 0.6) is 5.75 Å². The highest BCUT2D eigenvalue weighted by atomic mass is 16.3. The Morgan fingerprint density at radius 3 is 2.80 bits per heavy atom. The van der Waals surface area contributed by atoms with Crippen molar-refractivity contribution in [1.29, 1.82) is 0 Å². The number of hydrogen-bond donors (Lipinski definition) is 3. The van der Waals surface area contributed by atoms with E-state index in [1.807, 2.05) is 23.7 Å². The molecule has 1 heterocycles. The van der Waals surface area contributed by atoms with Gasteiger partial charge in [0.05, 0.1) is 0 Å². The first-order chi connectivity index (χ1) is 7.13. The number of hydrogen-bond acceptors (Lipinski definition) is 3. The van der Waals surface area contributed by atoms with E-state index < -0.39 is 6.10 Å². The summed E-state index contributed by atoms with van der Waals surface area (Å²) >= 11 is 0. The molecule has 0 amide bonds. The highest BCUT2D eigenvalue weighted by Crippen LogP contribution is 2.25. The Hall–Kier alpha value is -1.52. The average Bonchev–Trinajstić information content (AvgIpc) is 2.54. The number of aliphatic hydroxyl groups excluding tert-OH is 1. The lowest BCUT2D eigenvalue weighted by Gasteiger charge is -2.09. The maximum atomic E-state index is 9.67. The van der Waals surface area contributed by atoms with Crippen molar-refractivity contribution in [3.05, 3.63) is 30.0 Å². The largest absolute Gasteiger partial charge is 0.508 e. The molecule has 1 aromatic carbocycles. The molecule has 0 saturated carbocycles. The Kier molecular flexibility index (Phi) is 2.38. The summed E-state index contributed by atoms with van der Waals surface area (Å²) in [6.07, 6.45) is -0.662. The first kappa shape index (κ1) is 10.0. The Morgan fingerprint density at radius 1 is 1.40 bits per heavy atom.